The van der Waals surface area contributed by atoms with E-state index in [9.17, 15) is 19.7 Å². The van der Waals surface area contributed by atoms with E-state index in [0.717, 1.165) is 12.8 Å². The Hall–Kier alpha value is -4.08. The van der Waals surface area contributed by atoms with Gasteiger partial charge in [0, 0.05) is 36.2 Å². The molecule has 10 nitrogen and oxygen atoms in total. The van der Waals surface area contributed by atoms with Crippen molar-refractivity contribution in [1.82, 2.24) is 0 Å². The van der Waals surface area contributed by atoms with Gasteiger partial charge in [-0.2, -0.15) is 0 Å². The van der Waals surface area contributed by atoms with Gasteiger partial charge in [0.1, 0.15) is 0 Å². The number of nitrogen functional groups attached to an aromatic ring is 1. The summed E-state index contributed by atoms with van der Waals surface area (Å²) in [7, 11) is 0. The molecule has 0 saturated heterocycles. The van der Waals surface area contributed by atoms with E-state index in [1.807, 2.05) is 19.1 Å². The van der Waals surface area contributed by atoms with E-state index in [1.54, 1.807) is 24.3 Å². The number of unbranched alkanes of at least 4 members (excludes halogenated alkanes) is 3. The van der Waals surface area contributed by atoms with Crippen molar-refractivity contribution in [1.29, 1.82) is 0 Å². The summed E-state index contributed by atoms with van der Waals surface area (Å²) in [6.45, 7) is 2.06. The molecule has 0 aliphatic carbocycles. The Bertz CT molecular complexity index is 1120. The van der Waals surface area contributed by atoms with Crippen LogP contribution < -0.4 is 25.8 Å². The number of hydrogen-bond acceptors (Lipinski definition) is 7. The van der Waals surface area contributed by atoms with Crippen LogP contribution in [0, 0.1) is 10.1 Å². The maximum Gasteiger partial charge on any atom is 0.284 e. The minimum atomic E-state index is -0.491. The summed E-state index contributed by atoms with van der Waals surface area (Å²) in [5.41, 5.74) is 7.87. The molecule has 1 aliphatic heterocycles. The third-order valence-electron chi connectivity index (χ3n) is 5.38. The molecule has 3 rings (SSSR count). The molecule has 1 heterocycles. The molecule has 0 spiro atoms. The second-order valence-corrected chi connectivity index (χ2v) is 8.11. The van der Waals surface area contributed by atoms with Crippen LogP contribution in [-0.2, 0) is 9.59 Å². The highest BCUT2D eigenvalue weighted by Crippen LogP contribution is 2.39. The van der Waals surface area contributed by atoms with E-state index in [0.29, 0.717) is 66.4 Å². The summed E-state index contributed by atoms with van der Waals surface area (Å²) >= 11 is 0. The number of nitro groups is 1. The molecule has 0 radical (unpaired) electrons. The number of para-hydroxylation sites is 2. The lowest BCUT2D eigenvalue weighted by Crippen LogP contribution is -2.16. The Labute approximate surface area is 203 Å². The molecule has 10 heteroatoms. The first-order valence-electron chi connectivity index (χ1n) is 11.6. The van der Waals surface area contributed by atoms with Gasteiger partial charge in [0.15, 0.2) is 18.1 Å². The van der Waals surface area contributed by atoms with Crippen LogP contribution in [0.2, 0.25) is 0 Å². The molecule has 35 heavy (non-hydrogen) atoms. The van der Waals surface area contributed by atoms with E-state index in [-0.39, 0.29) is 24.1 Å². The number of anilines is 3. The zero-order valence-electron chi connectivity index (χ0n) is 19.7. The number of nitrogens with two attached hydrogens (primary N) is 1. The van der Waals surface area contributed by atoms with Crippen molar-refractivity contribution in [3.63, 3.8) is 0 Å². The third kappa shape index (κ3) is 7.46. The molecule has 0 atom stereocenters. The van der Waals surface area contributed by atoms with Crippen molar-refractivity contribution in [2.75, 3.05) is 29.6 Å². The van der Waals surface area contributed by atoms with Crippen LogP contribution in [0.4, 0.5) is 17.1 Å². The molecule has 1 aliphatic rings. The van der Waals surface area contributed by atoms with Gasteiger partial charge in [-0.1, -0.05) is 25.0 Å². The minimum absolute atomic E-state index is 0.0654. The second kappa shape index (κ2) is 12.4. The Morgan fingerprint density at radius 2 is 1.77 bits per heavy atom. The Kier molecular flexibility index (Phi) is 9.05. The fourth-order valence-corrected chi connectivity index (χ4v) is 3.66. The Morgan fingerprint density at radius 3 is 2.43 bits per heavy atom. The van der Waals surface area contributed by atoms with Crippen LogP contribution in [0.25, 0.3) is 6.08 Å². The summed E-state index contributed by atoms with van der Waals surface area (Å²) in [5, 5.41) is 16.7. The summed E-state index contributed by atoms with van der Waals surface area (Å²) in [4.78, 5) is 35.1. The number of carbonyl (C=O) groups is 2. The molecule has 2 aromatic carbocycles. The number of fused-ring (bicyclic) bond motifs is 1. The molecular weight excluding hydrogens is 452 g/mol. The molecule has 2 aromatic rings. The maximum atomic E-state index is 12.4. The van der Waals surface area contributed by atoms with E-state index in [2.05, 4.69) is 10.6 Å². The molecule has 0 unspecified atom stereocenters. The quantitative estimate of drug-likeness (QED) is 0.173. The van der Waals surface area contributed by atoms with E-state index >= 15 is 0 Å². The number of rotatable bonds is 12. The summed E-state index contributed by atoms with van der Waals surface area (Å²) in [6, 6.07) is 10.4. The number of nitrogens with one attached hydrogen (secondary N) is 2. The van der Waals surface area contributed by atoms with Gasteiger partial charge in [0.05, 0.1) is 22.9 Å². The number of benzene rings is 2. The lowest BCUT2D eigenvalue weighted by Gasteiger charge is -2.19. The number of ether oxygens (including phenoxy) is 2. The van der Waals surface area contributed by atoms with E-state index in [1.165, 1.54) is 6.08 Å². The van der Waals surface area contributed by atoms with Crippen LogP contribution in [0.3, 0.4) is 0 Å². The number of hydrogen-bond donors (Lipinski definition) is 3. The molecule has 2 amide bonds. The van der Waals surface area contributed by atoms with Crippen LogP contribution in [-0.4, -0.2) is 30.0 Å². The summed E-state index contributed by atoms with van der Waals surface area (Å²) in [6.07, 6.45) is 5.16. The lowest BCUT2D eigenvalue weighted by atomic mass is 10.1. The zero-order valence-corrected chi connectivity index (χ0v) is 19.7. The smallest absolute Gasteiger partial charge is 0.284 e. The molecule has 0 bridgehead atoms. The topological polar surface area (TPSA) is 146 Å². The minimum Gasteiger partial charge on any atom is -0.490 e. The van der Waals surface area contributed by atoms with Crippen molar-refractivity contribution in [3.05, 3.63) is 57.8 Å². The molecule has 0 aromatic heterocycles. The van der Waals surface area contributed by atoms with Crippen molar-refractivity contribution in [2.24, 2.45) is 0 Å². The predicted molar refractivity (Wildman–Crippen MR) is 134 cm³/mol. The van der Waals surface area contributed by atoms with Crippen LogP contribution in [0.15, 0.2) is 42.1 Å². The lowest BCUT2D eigenvalue weighted by molar-refractivity contribution is -0.427. The highest BCUT2D eigenvalue weighted by Gasteiger charge is 2.24. The van der Waals surface area contributed by atoms with Gasteiger partial charge in [-0.25, -0.2) is 0 Å². The second-order valence-electron chi connectivity index (χ2n) is 8.11. The molecule has 4 N–H and O–H groups in total. The summed E-state index contributed by atoms with van der Waals surface area (Å²) < 4.78 is 11.1. The number of carbonyl (C=O) groups excluding carboxylic acids is 2. The number of nitrogens with zero attached hydrogens (tertiary/aromatic N) is 1. The van der Waals surface area contributed by atoms with Crippen molar-refractivity contribution >= 4 is 35.0 Å². The van der Waals surface area contributed by atoms with Gasteiger partial charge in [0.25, 0.3) is 5.70 Å². The van der Waals surface area contributed by atoms with Crippen molar-refractivity contribution < 1.29 is 24.0 Å². The maximum absolute atomic E-state index is 12.4. The Morgan fingerprint density at radius 1 is 1.09 bits per heavy atom. The first-order chi connectivity index (χ1) is 16.9. The number of amides is 2. The van der Waals surface area contributed by atoms with Gasteiger partial charge < -0.3 is 25.8 Å². The van der Waals surface area contributed by atoms with Gasteiger partial charge in [0.2, 0.25) is 11.8 Å². The van der Waals surface area contributed by atoms with Gasteiger partial charge in [-0.3, -0.25) is 19.7 Å². The fourth-order valence-electron chi connectivity index (χ4n) is 3.66. The van der Waals surface area contributed by atoms with Crippen LogP contribution >= 0.6 is 0 Å². The van der Waals surface area contributed by atoms with Gasteiger partial charge in [-0.15, -0.1) is 0 Å². The highest BCUT2D eigenvalue weighted by atomic mass is 16.6. The average Bonchev–Trinajstić information content (AvgIpc) is 2.82. The van der Waals surface area contributed by atoms with Gasteiger partial charge in [-0.05, 0) is 38.0 Å². The molecular formula is C25H30N4O6. The van der Waals surface area contributed by atoms with Crippen molar-refractivity contribution in [2.45, 2.75) is 45.4 Å². The first-order valence-corrected chi connectivity index (χ1v) is 11.6. The van der Waals surface area contributed by atoms with E-state index < -0.39 is 4.92 Å². The Balaban J connectivity index is 1.43. The zero-order chi connectivity index (χ0) is 25.2. The highest BCUT2D eigenvalue weighted by molar-refractivity contribution is 5.93. The summed E-state index contributed by atoms with van der Waals surface area (Å²) in [5.74, 6) is 0.597. The fraction of sp³-hybridized carbons (Fsp3) is 0.360. The molecule has 186 valence electrons. The van der Waals surface area contributed by atoms with Crippen LogP contribution in [0.5, 0.6) is 11.5 Å². The monoisotopic (exact) mass is 482 g/mol. The first kappa shape index (κ1) is 25.5. The SMILES string of the molecule is CCOc1cc(NC(=O)CCCCCCC(=O)Nc2ccccc2N)cc2c1OCC([N+](=O)[O-])=C2. The van der Waals surface area contributed by atoms with E-state index in [4.69, 9.17) is 15.2 Å². The average molecular weight is 483 g/mol. The third-order valence-corrected chi connectivity index (χ3v) is 5.38. The largest absolute Gasteiger partial charge is 0.490 e. The normalized spacial score (nSPS) is 12.1. The molecule has 0 fully saturated rings. The molecule has 0 saturated carbocycles. The van der Waals surface area contributed by atoms with Crippen LogP contribution in [0.1, 0.15) is 51.0 Å². The predicted octanol–water partition coefficient (Wildman–Crippen LogP) is 4.60. The van der Waals surface area contributed by atoms with Gasteiger partial charge >= 0.3 is 0 Å². The van der Waals surface area contributed by atoms with Crippen molar-refractivity contribution in [3.8, 4) is 11.5 Å². The standard InChI is InChI=1S/C25H30N4O6/c1-2-34-22-15-18(13-17-14-19(29(32)33)16-35-25(17)22)27-23(30)11-5-3-4-6-12-24(31)28-21-10-8-7-9-20(21)26/h7-10,13-15H,2-6,11-12,16,26H2,1H3,(H,27,30)(H,28,31).